The minimum atomic E-state index is -0.0747. The van der Waals surface area contributed by atoms with E-state index < -0.39 is 0 Å². The maximum atomic E-state index is 12.2. The van der Waals surface area contributed by atoms with Crippen LogP contribution in [0, 0.1) is 0 Å². The number of benzene rings is 2. The van der Waals surface area contributed by atoms with E-state index in [1.54, 1.807) is 4.68 Å². The maximum Gasteiger partial charge on any atom is 0.244 e. The Morgan fingerprint density at radius 1 is 1.04 bits per heavy atom. The summed E-state index contributed by atoms with van der Waals surface area (Å²) < 4.78 is 7.60. The Hall–Kier alpha value is -3.47. The van der Waals surface area contributed by atoms with E-state index in [2.05, 4.69) is 10.4 Å². The number of hydrogen-bond acceptors (Lipinski definition) is 2. The fraction of sp³-hybridized carbons (Fsp3) is 0.0952. The summed E-state index contributed by atoms with van der Waals surface area (Å²) in [5.74, 6) is 0.728. The number of rotatable bonds is 6. The van der Waals surface area contributed by atoms with E-state index >= 15 is 0 Å². The first-order chi connectivity index (χ1) is 12.8. The second kappa shape index (κ2) is 7.19. The number of fused-ring (bicyclic) bond motifs is 1. The van der Waals surface area contributed by atoms with Crippen LogP contribution < -0.4 is 10.2 Å². The van der Waals surface area contributed by atoms with Gasteiger partial charge >= 0.3 is 0 Å². The highest BCUT2D eigenvalue weighted by atomic mass is 16.5. The van der Waals surface area contributed by atoms with E-state index in [9.17, 15) is 4.79 Å². The number of nitrogens with one attached hydrogen (secondary N) is 2. The molecule has 4 aromatic rings. The van der Waals surface area contributed by atoms with Crippen LogP contribution in [-0.2, 0) is 17.8 Å². The average Bonchev–Trinajstić information content (AvgIpc) is 3.31. The molecule has 2 N–H and O–H groups in total. The van der Waals surface area contributed by atoms with E-state index in [4.69, 9.17) is 4.74 Å². The molecule has 26 heavy (non-hydrogen) atoms. The molecule has 0 radical (unpaired) electrons. The number of carbonyl (C=O) groups excluding carboxylic acids is 1. The standard InChI is InChI=1S/C21H19N3O2/c25-21(14-18-7-4-11-22-18)23-24-12-10-17-13-19(8-9-20(17)24)26-15-16-5-2-1-3-6-16/h1-13,22H,14-15H2,(H,23,25). The zero-order valence-electron chi connectivity index (χ0n) is 14.2. The molecule has 5 heteroatoms. The van der Waals surface area contributed by atoms with Gasteiger partial charge in [0.2, 0.25) is 5.91 Å². The van der Waals surface area contributed by atoms with E-state index in [0.29, 0.717) is 13.0 Å². The van der Waals surface area contributed by atoms with Gasteiger partial charge in [0.05, 0.1) is 11.9 Å². The van der Waals surface area contributed by atoms with Crippen LogP contribution in [0.5, 0.6) is 5.75 Å². The molecule has 4 rings (SSSR count). The lowest BCUT2D eigenvalue weighted by molar-refractivity contribution is -0.116. The number of carbonyl (C=O) groups is 1. The fourth-order valence-corrected chi connectivity index (χ4v) is 2.87. The van der Waals surface area contributed by atoms with Gasteiger partial charge in [0, 0.05) is 23.5 Å². The smallest absolute Gasteiger partial charge is 0.244 e. The fourth-order valence-electron chi connectivity index (χ4n) is 2.87. The Morgan fingerprint density at radius 3 is 2.73 bits per heavy atom. The summed E-state index contributed by atoms with van der Waals surface area (Å²) in [5, 5.41) is 1.01. The summed E-state index contributed by atoms with van der Waals surface area (Å²) in [4.78, 5) is 15.2. The van der Waals surface area contributed by atoms with Crippen molar-refractivity contribution in [3.05, 3.63) is 90.4 Å². The number of hydrogen-bond donors (Lipinski definition) is 2. The summed E-state index contributed by atoms with van der Waals surface area (Å²) in [7, 11) is 0. The van der Waals surface area contributed by atoms with Gasteiger partial charge in [0.15, 0.2) is 0 Å². The Balaban J connectivity index is 1.44. The van der Waals surface area contributed by atoms with Crippen molar-refractivity contribution in [2.75, 3.05) is 5.43 Å². The van der Waals surface area contributed by atoms with Gasteiger partial charge in [-0.25, -0.2) is 0 Å². The maximum absolute atomic E-state index is 12.2. The van der Waals surface area contributed by atoms with Crippen molar-refractivity contribution < 1.29 is 9.53 Å². The third kappa shape index (κ3) is 3.62. The monoisotopic (exact) mass is 345 g/mol. The van der Waals surface area contributed by atoms with Crippen molar-refractivity contribution >= 4 is 16.8 Å². The van der Waals surface area contributed by atoms with Gasteiger partial charge in [-0.1, -0.05) is 30.3 Å². The lowest BCUT2D eigenvalue weighted by Crippen LogP contribution is -2.23. The van der Waals surface area contributed by atoms with Crippen LogP contribution in [0.15, 0.2) is 79.1 Å². The predicted octanol–water partition coefficient (Wildman–Crippen LogP) is 3.86. The molecule has 2 heterocycles. The zero-order valence-corrected chi connectivity index (χ0v) is 14.2. The van der Waals surface area contributed by atoms with E-state index in [-0.39, 0.29) is 5.91 Å². The van der Waals surface area contributed by atoms with Gasteiger partial charge in [-0.05, 0) is 42.0 Å². The lowest BCUT2D eigenvalue weighted by atomic mass is 10.2. The van der Waals surface area contributed by atoms with Crippen LogP contribution in [-0.4, -0.2) is 15.6 Å². The highest BCUT2D eigenvalue weighted by molar-refractivity contribution is 5.89. The first-order valence-electron chi connectivity index (χ1n) is 8.48. The quantitative estimate of drug-likeness (QED) is 0.557. The first-order valence-corrected chi connectivity index (χ1v) is 8.48. The molecule has 0 bridgehead atoms. The zero-order chi connectivity index (χ0) is 17.8. The third-order valence-corrected chi connectivity index (χ3v) is 4.17. The number of aromatic amines is 1. The molecule has 0 saturated heterocycles. The van der Waals surface area contributed by atoms with Crippen LogP contribution >= 0.6 is 0 Å². The van der Waals surface area contributed by atoms with Crippen LogP contribution in [0.3, 0.4) is 0 Å². The summed E-state index contributed by atoms with van der Waals surface area (Å²) in [6.45, 7) is 0.528. The second-order valence-electron chi connectivity index (χ2n) is 6.09. The van der Waals surface area contributed by atoms with Crippen molar-refractivity contribution in [1.82, 2.24) is 9.66 Å². The van der Waals surface area contributed by atoms with Crippen molar-refractivity contribution in [3.63, 3.8) is 0 Å². The molecule has 130 valence electrons. The SMILES string of the molecule is O=C(Cc1ccc[nH]1)Nn1ccc2cc(OCc3ccccc3)ccc21. The predicted molar refractivity (Wildman–Crippen MR) is 102 cm³/mol. The van der Waals surface area contributed by atoms with Gasteiger partial charge in [-0.15, -0.1) is 0 Å². The Labute approximate surface area is 151 Å². The molecule has 0 atom stereocenters. The molecule has 0 unspecified atom stereocenters. The number of amides is 1. The van der Waals surface area contributed by atoms with E-state index in [1.807, 2.05) is 79.1 Å². The topological polar surface area (TPSA) is 59.0 Å². The van der Waals surface area contributed by atoms with Crippen molar-refractivity contribution in [2.45, 2.75) is 13.0 Å². The van der Waals surface area contributed by atoms with Gasteiger partial charge in [0.1, 0.15) is 12.4 Å². The van der Waals surface area contributed by atoms with Gasteiger partial charge in [-0.2, -0.15) is 0 Å². The van der Waals surface area contributed by atoms with Gasteiger partial charge in [-0.3, -0.25) is 14.9 Å². The van der Waals surface area contributed by atoms with Gasteiger partial charge in [0.25, 0.3) is 0 Å². The van der Waals surface area contributed by atoms with Gasteiger partial charge < -0.3 is 9.72 Å². The molecule has 0 fully saturated rings. The van der Waals surface area contributed by atoms with Crippen molar-refractivity contribution in [1.29, 1.82) is 0 Å². The Bertz CT molecular complexity index is 1000. The van der Waals surface area contributed by atoms with Crippen LogP contribution in [0.1, 0.15) is 11.3 Å². The normalized spacial score (nSPS) is 10.8. The Morgan fingerprint density at radius 2 is 1.92 bits per heavy atom. The summed E-state index contributed by atoms with van der Waals surface area (Å²) in [6, 6.07) is 21.6. The Kier molecular flexibility index (Phi) is 4.43. The molecule has 0 aliphatic heterocycles. The average molecular weight is 345 g/mol. The number of aromatic nitrogens is 2. The van der Waals surface area contributed by atoms with Crippen LogP contribution in [0.25, 0.3) is 10.9 Å². The number of H-pyrrole nitrogens is 1. The molecule has 1 amide bonds. The first kappa shape index (κ1) is 16.0. The molecule has 2 aromatic carbocycles. The molecule has 0 aliphatic rings. The molecular weight excluding hydrogens is 326 g/mol. The van der Waals surface area contributed by atoms with Crippen LogP contribution in [0.2, 0.25) is 0 Å². The van der Waals surface area contributed by atoms with E-state index in [1.165, 1.54) is 0 Å². The summed E-state index contributed by atoms with van der Waals surface area (Å²) in [6.07, 6.45) is 3.97. The highest BCUT2D eigenvalue weighted by Gasteiger charge is 2.08. The summed E-state index contributed by atoms with van der Waals surface area (Å²) in [5.41, 5.74) is 5.84. The highest BCUT2D eigenvalue weighted by Crippen LogP contribution is 2.22. The number of nitrogens with zero attached hydrogens (tertiary/aromatic N) is 1. The number of ether oxygens (including phenoxy) is 1. The van der Waals surface area contributed by atoms with Crippen LogP contribution in [0.4, 0.5) is 0 Å². The molecule has 0 saturated carbocycles. The molecule has 2 aromatic heterocycles. The second-order valence-corrected chi connectivity index (χ2v) is 6.09. The minimum Gasteiger partial charge on any atom is -0.489 e. The molecule has 0 aliphatic carbocycles. The molecule has 5 nitrogen and oxygen atoms in total. The van der Waals surface area contributed by atoms with Crippen molar-refractivity contribution in [2.24, 2.45) is 0 Å². The minimum absolute atomic E-state index is 0.0747. The summed E-state index contributed by atoms with van der Waals surface area (Å²) >= 11 is 0. The lowest BCUT2D eigenvalue weighted by Gasteiger charge is -2.09. The molecule has 0 spiro atoms. The third-order valence-electron chi connectivity index (χ3n) is 4.17. The largest absolute Gasteiger partial charge is 0.489 e. The van der Waals surface area contributed by atoms with Crippen molar-refractivity contribution in [3.8, 4) is 5.75 Å². The van der Waals surface area contributed by atoms with E-state index in [0.717, 1.165) is 27.9 Å². The molecular formula is C21H19N3O2.